The first-order valence-corrected chi connectivity index (χ1v) is 34.7. The van der Waals surface area contributed by atoms with E-state index >= 15 is 0 Å². The number of nitrogens with one attached hydrogen (secondary N) is 7. The molecule has 90 heavy (non-hydrogen) atoms. The number of fused-ring (bicyclic) bond motifs is 3. The van der Waals surface area contributed by atoms with Gasteiger partial charge in [-0.2, -0.15) is 15.3 Å². The number of aromatic nitrogens is 12. The van der Waals surface area contributed by atoms with E-state index in [-0.39, 0.29) is 55.2 Å². The van der Waals surface area contributed by atoms with Crippen molar-refractivity contribution in [2.45, 2.75) is 168 Å². The Hall–Kier alpha value is -7.60. The number of nitrogens with zero attached hydrogens (tertiary/aromatic N) is 13. The summed E-state index contributed by atoms with van der Waals surface area (Å²) in [7, 11) is -1.12. The van der Waals surface area contributed by atoms with Crippen molar-refractivity contribution in [1.29, 1.82) is 0 Å². The van der Waals surface area contributed by atoms with Crippen LogP contribution in [-0.4, -0.2) is 202 Å². The predicted molar refractivity (Wildman–Crippen MR) is 352 cm³/mol. The van der Waals surface area contributed by atoms with Gasteiger partial charge >= 0.3 is 12.2 Å². The molecule has 4 aliphatic heterocycles. The maximum absolute atomic E-state index is 13.4. The topological polar surface area (TPSA) is 327 Å². The minimum absolute atomic E-state index is 0. The number of hydrogen-bond donors (Lipinski definition) is 8. The quantitative estimate of drug-likeness (QED) is 0.0371. The van der Waals surface area contributed by atoms with Crippen molar-refractivity contribution >= 4 is 94.0 Å². The van der Waals surface area contributed by atoms with Crippen LogP contribution < -0.4 is 32.3 Å². The molecule has 0 aliphatic carbocycles. The maximum atomic E-state index is 13.4. The van der Waals surface area contributed by atoms with Gasteiger partial charge in [-0.1, -0.05) is 38.7 Å². The molecule has 0 saturated carbocycles. The molecule has 10 heterocycles. The van der Waals surface area contributed by atoms with Crippen LogP contribution >= 0.6 is 11.6 Å². The number of halogens is 2. The highest BCUT2D eigenvalue weighted by Crippen LogP contribution is 2.26. The summed E-state index contributed by atoms with van der Waals surface area (Å²) in [4.78, 5) is 67.5. The number of rotatable bonds is 14. The highest BCUT2D eigenvalue weighted by Gasteiger charge is 2.30. The van der Waals surface area contributed by atoms with Crippen LogP contribution in [0.2, 0.25) is 30.7 Å². The lowest BCUT2D eigenvalue weighted by Gasteiger charge is -2.34. The van der Waals surface area contributed by atoms with Gasteiger partial charge in [0.15, 0.2) is 16.9 Å². The normalized spacial score (nSPS) is 18.8. The van der Waals surface area contributed by atoms with Crippen molar-refractivity contribution in [2.24, 2.45) is 5.73 Å². The Morgan fingerprint density at radius 3 is 1.78 bits per heavy atom. The number of benzene rings is 1. The predicted octanol–water partition coefficient (Wildman–Crippen LogP) is 9.11. The number of ether oxygens (including phenoxy) is 3. The summed E-state index contributed by atoms with van der Waals surface area (Å²) in [5, 5.41) is 37.6. The third-order valence-electron chi connectivity index (χ3n) is 14.7. The summed E-state index contributed by atoms with van der Waals surface area (Å²) < 4.78 is 31.8. The van der Waals surface area contributed by atoms with Gasteiger partial charge in [-0.05, 0) is 124 Å². The number of piperidine rings is 4. The lowest BCUT2D eigenvalue weighted by molar-refractivity contribution is -0.130. The first-order valence-electron chi connectivity index (χ1n) is 30.6. The first-order chi connectivity index (χ1) is 42.4. The summed E-state index contributed by atoms with van der Waals surface area (Å²) >= 11 is 5.84. The average Bonchev–Trinajstić information content (AvgIpc) is 2.03. The molecule has 7 aromatic rings. The van der Waals surface area contributed by atoms with Crippen molar-refractivity contribution in [3.63, 3.8) is 0 Å². The van der Waals surface area contributed by atoms with Crippen molar-refractivity contribution in [1.82, 2.24) is 80.1 Å². The molecule has 0 spiro atoms. The fourth-order valence-corrected chi connectivity index (χ4v) is 11.3. The van der Waals surface area contributed by atoms with E-state index in [2.05, 4.69) is 102 Å². The Bertz CT molecular complexity index is 3380. The lowest BCUT2D eigenvalue weighted by Crippen LogP contribution is -2.47. The van der Waals surface area contributed by atoms with Crippen LogP contribution in [0.15, 0.2) is 55.8 Å². The number of nitrogens with two attached hydrogens (primary N) is 1. The number of carbonyl (C=O) groups is 3. The zero-order valence-corrected chi connectivity index (χ0v) is 54.5. The Balaban J connectivity index is 0.000000178. The molecule has 4 saturated heterocycles. The molecule has 30 heteroatoms. The number of anilines is 4. The van der Waals surface area contributed by atoms with E-state index in [1.807, 2.05) is 41.5 Å². The molecular weight excluding hydrogens is 1190 g/mol. The monoisotopic (exact) mass is 1290 g/mol. The molecule has 9 N–H and O–H groups in total. The van der Waals surface area contributed by atoms with Crippen molar-refractivity contribution in [3.05, 3.63) is 66.6 Å². The van der Waals surface area contributed by atoms with Crippen LogP contribution in [0.4, 0.5) is 37.1 Å². The Kier molecular flexibility index (Phi) is 25.2. The van der Waals surface area contributed by atoms with Gasteiger partial charge in [0.05, 0.1) is 41.3 Å². The van der Waals surface area contributed by atoms with Gasteiger partial charge in [-0.3, -0.25) is 15.0 Å². The second kappa shape index (κ2) is 32.4. The molecule has 0 radical (unpaired) electrons. The van der Waals surface area contributed by atoms with E-state index in [0.29, 0.717) is 62.6 Å². The highest BCUT2D eigenvalue weighted by atomic mass is 35.5. The van der Waals surface area contributed by atoms with Crippen molar-refractivity contribution < 1.29 is 33.0 Å². The number of carbonyl (C=O) groups excluding carboxylic acids is 3. The van der Waals surface area contributed by atoms with Crippen molar-refractivity contribution in [3.8, 4) is 0 Å². The average molecular weight is 1290 g/mol. The van der Waals surface area contributed by atoms with Crippen LogP contribution in [0, 0.1) is 5.82 Å². The lowest BCUT2D eigenvalue weighted by atomic mass is 10.1. The standard InChI is InChI=1S/C21H36N6O3Si.C18H19ClFN7O.C10H14N6.C10H20N2O2.CH4/c1-21(2,3)30-20(28)26-9-7-8-16(13-26)25-18-17-12-24-27(19(17)23-14-22-18)15-29-10-11-31(4,5)6;19-11-4-12(20)6-14(5-11)21-8-16(28)27-3-1-2-13(9-27)25-17-15-7-24-26-18(15)23-10-22-17;1-2-7(4-11-3-1)15-9-8-5-14-16-10(8)13-6-12-9;1-10(2,3)14-9(13)12-6-4-5-8(11)7-12;/h12,14,16H,7-11,13,15H2,1-6H3,(H,22,23,25);4-7,10,13,21H,1-3,8-9H2,(H2,22,23,24,25,26);5-7,11H,1-4H2,(H2,12,13,14,15,16);8H,4-7,11H2,1-3H3;1H4/t16-;13-;7-;8-;/m1111./s1. The van der Waals surface area contributed by atoms with Gasteiger partial charge in [0.2, 0.25) is 5.91 Å². The molecule has 1 aromatic carbocycles. The first kappa shape index (κ1) is 69.9. The largest absolute Gasteiger partial charge is 0.444 e. The van der Waals surface area contributed by atoms with Crippen molar-refractivity contribution in [2.75, 3.05) is 86.8 Å². The van der Waals surface area contributed by atoms with E-state index in [1.54, 1.807) is 56.7 Å². The number of amides is 3. The molecule has 492 valence electrons. The second-order valence-electron chi connectivity index (χ2n) is 25.9. The number of hydrogen-bond acceptors (Lipinski definition) is 21. The summed E-state index contributed by atoms with van der Waals surface area (Å²) in [6, 6.07) is 5.96. The van der Waals surface area contributed by atoms with Crippen LogP contribution in [-0.2, 0) is 25.7 Å². The number of H-pyrrole nitrogens is 2. The fourth-order valence-electron chi connectivity index (χ4n) is 10.3. The zero-order valence-electron chi connectivity index (χ0n) is 52.7. The van der Waals surface area contributed by atoms with Gasteiger partial charge in [-0.15, -0.1) is 0 Å². The summed E-state index contributed by atoms with van der Waals surface area (Å²) in [5.41, 5.74) is 7.53. The van der Waals surface area contributed by atoms with E-state index in [1.165, 1.54) is 31.3 Å². The molecule has 27 nitrogen and oxygen atoms in total. The summed E-state index contributed by atoms with van der Waals surface area (Å²) in [6.07, 6.45) is 17.3. The molecule has 4 fully saturated rings. The minimum atomic E-state index is -1.12. The fraction of sp³-hybridized carbons (Fsp3) is 0.600. The van der Waals surface area contributed by atoms with E-state index in [9.17, 15) is 18.8 Å². The Labute approximate surface area is 532 Å². The summed E-state index contributed by atoms with van der Waals surface area (Å²) in [6.45, 7) is 25.5. The van der Waals surface area contributed by atoms with Crippen LogP contribution in [0.3, 0.4) is 0 Å². The number of likely N-dealkylation sites (tertiary alicyclic amines) is 3. The second-order valence-corrected chi connectivity index (χ2v) is 32.0. The van der Waals surface area contributed by atoms with Gasteiger partial charge in [-0.25, -0.2) is 48.6 Å². The van der Waals surface area contributed by atoms with E-state index in [0.717, 1.165) is 110 Å². The van der Waals surface area contributed by atoms with Gasteiger partial charge in [0, 0.05) is 95.4 Å². The summed E-state index contributed by atoms with van der Waals surface area (Å²) in [5.74, 6) is 1.80. The molecular formula is C60H93ClFN21O6Si. The SMILES string of the molecule is C.CC(C)(C)OC(=O)N1CCC[C@@H](N)C1.CC(C)(C)OC(=O)N1CCC[C@@H](Nc2ncnc3c2cnn3COCC[Si](C)(C)C)C1.O=C(CNc1cc(F)cc(Cl)c1)N1CCC[C@@H](Nc2ncnc3[nH]ncc23)C1.c1nc(N[C@@H]2CCCNC2)c2cn[nH]c2n1. The Morgan fingerprint density at radius 1 is 0.689 bits per heavy atom. The van der Waals surface area contributed by atoms with Gasteiger partial charge < -0.3 is 61.2 Å². The maximum Gasteiger partial charge on any atom is 0.410 e. The molecule has 0 bridgehead atoms. The van der Waals surface area contributed by atoms with Crippen LogP contribution in [0.5, 0.6) is 0 Å². The molecule has 4 aliphatic rings. The van der Waals surface area contributed by atoms with Crippen LogP contribution in [0.1, 0.15) is 100 Å². The molecule has 0 unspecified atom stereocenters. The molecule has 11 rings (SSSR count). The van der Waals surface area contributed by atoms with E-state index in [4.69, 9.17) is 31.5 Å². The molecule has 4 atom stereocenters. The third kappa shape index (κ3) is 21.8. The number of aromatic amines is 2. The van der Waals surface area contributed by atoms with E-state index < -0.39 is 25.1 Å². The van der Waals surface area contributed by atoms with Crippen LogP contribution in [0.25, 0.3) is 33.1 Å². The molecule has 3 amide bonds. The smallest absolute Gasteiger partial charge is 0.410 e. The molecule has 6 aromatic heterocycles. The minimum Gasteiger partial charge on any atom is -0.444 e. The zero-order chi connectivity index (χ0) is 63.7. The Morgan fingerprint density at radius 2 is 1.22 bits per heavy atom. The highest BCUT2D eigenvalue weighted by molar-refractivity contribution is 6.76. The third-order valence-corrected chi connectivity index (χ3v) is 16.6. The van der Waals surface area contributed by atoms with Gasteiger partial charge in [0.25, 0.3) is 0 Å². The van der Waals surface area contributed by atoms with Gasteiger partial charge in [0.1, 0.15) is 60.2 Å².